The van der Waals surface area contributed by atoms with Gasteiger partial charge >= 0.3 is 0 Å². The molecule has 1 saturated heterocycles. The van der Waals surface area contributed by atoms with Crippen molar-refractivity contribution in [3.8, 4) is 17.2 Å². The molecule has 2 aliphatic rings. The summed E-state index contributed by atoms with van der Waals surface area (Å²) in [5.74, 6) is 2.53. The Labute approximate surface area is 149 Å². The van der Waals surface area contributed by atoms with E-state index in [2.05, 4.69) is 4.90 Å². The number of carbonyl (C=O) groups excluding carboxylic acids is 1. The maximum atomic E-state index is 12.7. The van der Waals surface area contributed by atoms with Crippen LogP contribution in [0.1, 0.15) is 37.7 Å². The largest absolute Gasteiger partial charge is 0.493 e. The average Bonchev–Trinajstić information content (AvgIpc) is 3.09. The van der Waals surface area contributed by atoms with Gasteiger partial charge in [-0.1, -0.05) is 12.8 Å². The van der Waals surface area contributed by atoms with Gasteiger partial charge in [0.2, 0.25) is 11.7 Å². The molecule has 25 heavy (non-hydrogen) atoms. The Bertz CT molecular complexity index is 630. The smallest absolute Gasteiger partial charge is 0.246 e. The SMILES string of the molecule is COc1cc(/C=C/C(=O)N2CCC3CCCCC32)cc(OC)c1OC. The van der Waals surface area contributed by atoms with Crippen molar-refractivity contribution in [2.24, 2.45) is 5.92 Å². The van der Waals surface area contributed by atoms with Crippen molar-refractivity contribution < 1.29 is 19.0 Å². The van der Waals surface area contributed by atoms with Gasteiger partial charge < -0.3 is 19.1 Å². The highest BCUT2D eigenvalue weighted by molar-refractivity contribution is 5.92. The number of benzene rings is 1. The Morgan fingerprint density at radius 2 is 1.72 bits per heavy atom. The van der Waals surface area contributed by atoms with Crippen LogP contribution in [0.4, 0.5) is 0 Å². The van der Waals surface area contributed by atoms with E-state index in [9.17, 15) is 4.79 Å². The molecule has 3 rings (SSSR count). The van der Waals surface area contributed by atoms with Crippen LogP contribution < -0.4 is 14.2 Å². The molecule has 1 aliphatic heterocycles. The van der Waals surface area contributed by atoms with Crippen LogP contribution in [0.25, 0.3) is 6.08 Å². The van der Waals surface area contributed by atoms with Crippen molar-refractivity contribution in [3.05, 3.63) is 23.8 Å². The standard InChI is InChI=1S/C20H27NO4/c1-23-17-12-14(13-18(24-2)20(17)25-3)8-9-19(22)21-11-10-15-6-4-5-7-16(15)21/h8-9,12-13,15-16H,4-7,10-11H2,1-3H3/b9-8+. The summed E-state index contributed by atoms with van der Waals surface area (Å²) in [6.45, 7) is 0.883. The number of carbonyl (C=O) groups is 1. The second-order valence-electron chi connectivity index (χ2n) is 6.72. The highest BCUT2D eigenvalue weighted by atomic mass is 16.5. The molecule has 5 heteroatoms. The minimum atomic E-state index is 0.100. The Morgan fingerprint density at radius 3 is 2.36 bits per heavy atom. The van der Waals surface area contributed by atoms with Crippen LogP contribution in [-0.4, -0.2) is 44.7 Å². The van der Waals surface area contributed by atoms with Crippen LogP contribution in [0, 0.1) is 5.92 Å². The van der Waals surface area contributed by atoms with Gasteiger partial charge in [0.25, 0.3) is 0 Å². The molecule has 2 atom stereocenters. The molecule has 1 aliphatic carbocycles. The summed E-state index contributed by atoms with van der Waals surface area (Å²) in [4.78, 5) is 14.7. The fourth-order valence-corrected chi connectivity index (χ4v) is 4.14. The van der Waals surface area contributed by atoms with Crippen molar-refractivity contribution in [3.63, 3.8) is 0 Å². The first kappa shape index (κ1) is 17.6. The number of rotatable bonds is 5. The fourth-order valence-electron chi connectivity index (χ4n) is 4.14. The summed E-state index contributed by atoms with van der Waals surface area (Å²) in [7, 11) is 4.75. The fraction of sp³-hybridized carbons (Fsp3) is 0.550. The minimum absolute atomic E-state index is 0.100. The second-order valence-corrected chi connectivity index (χ2v) is 6.72. The molecule has 2 unspecified atom stereocenters. The Balaban J connectivity index is 1.76. The second kappa shape index (κ2) is 7.81. The first-order valence-electron chi connectivity index (χ1n) is 8.96. The molecule has 1 heterocycles. The molecular weight excluding hydrogens is 318 g/mol. The van der Waals surface area contributed by atoms with Gasteiger partial charge in [0, 0.05) is 18.7 Å². The monoisotopic (exact) mass is 345 g/mol. The molecular formula is C20H27NO4. The van der Waals surface area contributed by atoms with Crippen LogP contribution >= 0.6 is 0 Å². The third kappa shape index (κ3) is 3.60. The molecule has 0 N–H and O–H groups in total. The lowest BCUT2D eigenvalue weighted by molar-refractivity contribution is -0.127. The van der Waals surface area contributed by atoms with E-state index in [1.807, 2.05) is 18.2 Å². The van der Waals surface area contributed by atoms with Gasteiger partial charge in [-0.25, -0.2) is 0 Å². The Hall–Kier alpha value is -2.17. The Morgan fingerprint density at radius 1 is 1.04 bits per heavy atom. The molecule has 1 amide bonds. The maximum absolute atomic E-state index is 12.7. The average molecular weight is 345 g/mol. The maximum Gasteiger partial charge on any atom is 0.246 e. The van der Waals surface area contributed by atoms with Crippen molar-refractivity contribution in [2.75, 3.05) is 27.9 Å². The summed E-state index contributed by atoms with van der Waals surface area (Å²) >= 11 is 0. The number of ether oxygens (including phenoxy) is 3. The van der Waals surface area contributed by atoms with Crippen LogP contribution in [0.15, 0.2) is 18.2 Å². The number of nitrogens with zero attached hydrogens (tertiary/aromatic N) is 1. The third-order valence-electron chi connectivity index (χ3n) is 5.40. The van der Waals surface area contributed by atoms with Crippen LogP contribution in [0.3, 0.4) is 0 Å². The summed E-state index contributed by atoms with van der Waals surface area (Å²) in [6.07, 6.45) is 9.60. The van der Waals surface area contributed by atoms with E-state index < -0.39 is 0 Å². The zero-order chi connectivity index (χ0) is 17.8. The predicted octanol–water partition coefficient (Wildman–Crippen LogP) is 3.52. The minimum Gasteiger partial charge on any atom is -0.493 e. The van der Waals surface area contributed by atoms with Gasteiger partial charge in [-0.15, -0.1) is 0 Å². The highest BCUT2D eigenvalue weighted by Gasteiger charge is 2.37. The van der Waals surface area contributed by atoms with E-state index in [1.54, 1.807) is 27.4 Å². The number of hydrogen-bond donors (Lipinski definition) is 0. The molecule has 0 spiro atoms. The van der Waals surface area contributed by atoms with Gasteiger partial charge in [0.15, 0.2) is 11.5 Å². The van der Waals surface area contributed by atoms with E-state index in [0.29, 0.717) is 29.2 Å². The van der Waals surface area contributed by atoms with E-state index in [0.717, 1.165) is 24.9 Å². The summed E-state index contributed by atoms with van der Waals surface area (Å²) < 4.78 is 16.1. The lowest BCUT2D eigenvalue weighted by atomic mass is 9.85. The van der Waals surface area contributed by atoms with Gasteiger partial charge in [-0.3, -0.25) is 4.79 Å². The summed E-state index contributed by atoms with van der Waals surface area (Å²) in [5, 5.41) is 0. The molecule has 0 aromatic heterocycles. The van der Waals surface area contributed by atoms with Crippen molar-refractivity contribution >= 4 is 12.0 Å². The lowest BCUT2D eigenvalue weighted by Gasteiger charge is -2.31. The number of fused-ring (bicyclic) bond motifs is 1. The zero-order valence-electron chi connectivity index (χ0n) is 15.3. The summed E-state index contributed by atoms with van der Waals surface area (Å²) in [6, 6.07) is 4.13. The topological polar surface area (TPSA) is 48.0 Å². The highest BCUT2D eigenvalue weighted by Crippen LogP contribution is 2.39. The number of methoxy groups -OCH3 is 3. The molecule has 0 bridgehead atoms. The van der Waals surface area contributed by atoms with Crippen LogP contribution in [0.2, 0.25) is 0 Å². The number of hydrogen-bond acceptors (Lipinski definition) is 4. The van der Waals surface area contributed by atoms with Crippen molar-refractivity contribution in [2.45, 2.75) is 38.1 Å². The van der Waals surface area contributed by atoms with E-state index in [4.69, 9.17) is 14.2 Å². The number of likely N-dealkylation sites (tertiary alicyclic amines) is 1. The Kier molecular flexibility index (Phi) is 5.51. The lowest BCUT2D eigenvalue weighted by Crippen LogP contribution is -2.38. The molecule has 2 fully saturated rings. The van der Waals surface area contributed by atoms with E-state index in [-0.39, 0.29) is 5.91 Å². The first-order chi connectivity index (χ1) is 12.2. The van der Waals surface area contributed by atoms with Gasteiger partial charge in [0.05, 0.1) is 21.3 Å². The van der Waals surface area contributed by atoms with Gasteiger partial charge in [-0.05, 0) is 49.0 Å². The van der Waals surface area contributed by atoms with E-state index in [1.165, 1.54) is 19.3 Å². The summed E-state index contributed by atoms with van der Waals surface area (Å²) in [5.41, 5.74) is 0.849. The number of amides is 1. The van der Waals surface area contributed by atoms with Gasteiger partial charge in [0.1, 0.15) is 0 Å². The predicted molar refractivity (Wildman–Crippen MR) is 97.2 cm³/mol. The van der Waals surface area contributed by atoms with Crippen molar-refractivity contribution in [1.82, 2.24) is 4.90 Å². The zero-order valence-corrected chi connectivity index (χ0v) is 15.3. The van der Waals surface area contributed by atoms with Crippen molar-refractivity contribution in [1.29, 1.82) is 0 Å². The first-order valence-corrected chi connectivity index (χ1v) is 8.96. The normalized spacial score (nSPS) is 22.8. The molecule has 1 aromatic rings. The molecule has 136 valence electrons. The third-order valence-corrected chi connectivity index (χ3v) is 5.40. The van der Waals surface area contributed by atoms with Crippen LogP contribution in [0.5, 0.6) is 17.2 Å². The molecule has 1 aromatic carbocycles. The molecule has 1 saturated carbocycles. The van der Waals surface area contributed by atoms with Crippen LogP contribution in [-0.2, 0) is 4.79 Å². The molecule has 5 nitrogen and oxygen atoms in total. The van der Waals surface area contributed by atoms with Gasteiger partial charge in [-0.2, -0.15) is 0 Å². The molecule has 0 radical (unpaired) electrons. The van der Waals surface area contributed by atoms with E-state index >= 15 is 0 Å². The quantitative estimate of drug-likeness (QED) is 0.766.